The SMILES string of the molecule is CCc1ccc(OCC(=O)N(C)C2CCN(C(C)C)CC2)cc1. The first kappa shape index (κ1) is 17.8. The number of hydrogen-bond acceptors (Lipinski definition) is 3. The molecule has 0 aromatic heterocycles. The van der Waals surface area contributed by atoms with Crippen LogP contribution in [0, 0.1) is 0 Å². The second-order valence-corrected chi connectivity index (χ2v) is 6.65. The van der Waals surface area contributed by atoms with Gasteiger partial charge in [0.05, 0.1) is 0 Å². The summed E-state index contributed by atoms with van der Waals surface area (Å²) in [5.74, 6) is 0.825. The number of piperidine rings is 1. The first-order valence-electron chi connectivity index (χ1n) is 8.72. The number of hydrogen-bond donors (Lipinski definition) is 0. The summed E-state index contributed by atoms with van der Waals surface area (Å²) >= 11 is 0. The van der Waals surface area contributed by atoms with E-state index in [9.17, 15) is 4.79 Å². The topological polar surface area (TPSA) is 32.8 Å². The van der Waals surface area contributed by atoms with Gasteiger partial charge in [-0.1, -0.05) is 19.1 Å². The number of likely N-dealkylation sites (tertiary alicyclic amines) is 1. The monoisotopic (exact) mass is 318 g/mol. The summed E-state index contributed by atoms with van der Waals surface area (Å²) in [6.07, 6.45) is 3.11. The molecule has 1 fully saturated rings. The van der Waals surface area contributed by atoms with Crippen molar-refractivity contribution in [3.8, 4) is 5.75 Å². The normalized spacial score (nSPS) is 16.6. The lowest BCUT2D eigenvalue weighted by Gasteiger charge is -2.38. The molecule has 4 heteroatoms. The molecule has 1 aliphatic heterocycles. The Balaban J connectivity index is 1.78. The van der Waals surface area contributed by atoms with Crippen molar-refractivity contribution in [1.29, 1.82) is 0 Å². The molecule has 2 rings (SSSR count). The van der Waals surface area contributed by atoms with Crippen molar-refractivity contribution in [2.45, 2.75) is 52.1 Å². The molecule has 23 heavy (non-hydrogen) atoms. The van der Waals surface area contributed by atoms with E-state index in [0.717, 1.165) is 38.1 Å². The van der Waals surface area contributed by atoms with Crippen molar-refractivity contribution >= 4 is 5.91 Å². The summed E-state index contributed by atoms with van der Waals surface area (Å²) in [4.78, 5) is 16.7. The molecule has 0 N–H and O–H groups in total. The van der Waals surface area contributed by atoms with Gasteiger partial charge in [-0.3, -0.25) is 4.79 Å². The Kier molecular flexibility index (Phi) is 6.46. The van der Waals surface area contributed by atoms with Gasteiger partial charge in [0.2, 0.25) is 0 Å². The summed E-state index contributed by atoms with van der Waals surface area (Å²) < 4.78 is 5.64. The number of benzene rings is 1. The van der Waals surface area contributed by atoms with E-state index >= 15 is 0 Å². The molecule has 1 aliphatic rings. The van der Waals surface area contributed by atoms with Gasteiger partial charge in [-0.25, -0.2) is 0 Å². The Hall–Kier alpha value is -1.55. The molecule has 0 spiro atoms. The first-order chi connectivity index (χ1) is 11.0. The standard InChI is InChI=1S/C19H30N2O2/c1-5-16-6-8-18(9-7-16)23-14-19(22)20(4)17-10-12-21(13-11-17)15(2)3/h6-9,15,17H,5,10-14H2,1-4H3. The number of carbonyl (C=O) groups is 1. The van der Waals surface area contributed by atoms with Gasteiger partial charge >= 0.3 is 0 Å². The van der Waals surface area contributed by atoms with E-state index in [0.29, 0.717) is 12.1 Å². The molecule has 0 aliphatic carbocycles. The Morgan fingerprint density at radius 3 is 2.39 bits per heavy atom. The third-order valence-corrected chi connectivity index (χ3v) is 4.86. The van der Waals surface area contributed by atoms with Gasteiger partial charge in [-0.05, 0) is 50.8 Å². The van der Waals surface area contributed by atoms with Crippen molar-refractivity contribution < 1.29 is 9.53 Å². The zero-order chi connectivity index (χ0) is 16.8. The van der Waals surface area contributed by atoms with E-state index < -0.39 is 0 Å². The minimum Gasteiger partial charge on any atom is -0.484 e. The van der Waals surface area contributed by atoms with Gasteiger partial charge in [0.1, 0.15) is 5.75 Å². The molecule has 0 saturated carbocycles. The highest BCUT2D eigenvalue weighted by molar-refractivity contribution is 5.77. The van der Waals surface area contributed by atoms with Crippen LogP contribution >= 0.6 is 0 Å². The number of rotatable bonds is 6. The highest BCUT2D eigenvalue weighted by Crippen LogP contribution is 2.18. The van der Waals surface area contributed by atoms with E-state index in [1.165, 1.54) is 5.56 Å². The number of amides is 1. The van der Waals surface area contributed by atoms with Crippen molar-refractivity contribution in [3.63, 3.8) is 0 Å². The van der Waals surface area contributed by atoms with Gasteiger partial charge < -0.3 is 14.5 Å². The second-order valence-electron chi connectivity index (χ2n) is 6.65. The highest BCUT2D eigenvalue weighted by Gasteiger charge is 2.26. The second kappa shape index (κ2) is 8.34. The summed E-state index contributed by atoms with van der Waals surface area (Å²) in [5.41, 5.74) is 1.28. The van der Waals surface area contributed by atoms with Crippen molar-refractivity contribution in [2.24, 2.45) is 0 Å². The van der Waals surface area contributed by atoms with Gasteiger partial charge in [-0.2, -0.15) is 0 Å². The van der Waals surface area contributed by atoms with Gasteiger partial charge in [0.15, 0.2) is 6.61 Å². The van der Waals surface area contributed by atoms with Crippen LogP contribution < -0.4 is 4.74 Å². The van der Waals surface area contributed by atoms with Gasteiger partial charge in [0, 0.05) is 32.2 Å². The molecule has 4 nitrogen and oxygen atoms in total. The van der Waals surface area contributed by atoms with Crippen LogP contribution in [0.25, 0.3) is 0 Å². The zero-order valence-corrected chi connectivity index (χ0v) is 14.9. The number of likely N-dealkylation sites (N-methyl/N-ethyl adjacent to an activating group) is 1. The predicted octanol–water partition coefficient (Wildman–Crippen LogP) is 2.96. The number of nitrogens with zero attached hydrogens (tertiary/aromatic N) is 2. The Labute approximate surface area is 140 Å². The van der Waals surface area contributed by atoms with Crippen LogP contribution in [-0.4, -0.2) is 54.5 Å². The average molecular weight is 318 g/mol. The maximum Gasteiger partial charge on any atom is 0.260 e. The van der Waals surface area contributed by atoms with Crippen LogP contribution in [0.1, 0.15) is 39.2 Å². The molecular formula is C19H30N2O2. The highest BCUT2D eigenvalue weighted by atomic mass is 16.5. The van der Waals surface area contributed by atoms with Crippen molar-refractivity contribution in [1.82, 2.24) is 9.80 Å². The van der Waals surface area contributed by atoms with Crippen LogP contribution in [0.3, 0.4) is 0 Å². The smallest absolute Gasteiger partial charge is 0.260 e. The molecule has 1 aromatic rings. The van der Waals surface area contributed by atoms with E-state index in [4.69, 9.17) is 4.74 Å². The van der Waals surface area contributed by atoms with Gasteiger partial charge in [-0.15, -0.1) is 0 Å². The van der Waals surface area contributed by atoms with Crippen molar-refractivity contribution in [3.05, 3.63) is 29.8 Å². The van der Waals surface area contributed by atoms with Crippen LogP contribution in [0.5, 0.6) is 5.75 Å². The minimum atomic E-state index is 0.0626. The molecule has 1 amide bonds. The average Bonchev–Trinajstić information content (AvgIpc) is 2.59. The maximum absolute atomic E-state index is 12.3. The molecule has 0 unspecified atom stereocenters. The lowest BCUT2D eigenvalue weighted by atomic mass is 10.0. The van der Waals surface area contributed by atoms with Crippen LogP contribution in [0.15, 0.2) is 24.3 Å². The fraction of sp³-hybridized carbons (Fsp3) is 0.632. The summed E-state index contributed by atoms with van der Waals surface area (Å²) in [7, 11) is 1.90. The minimum absolute atomic E-state index is 0.0626. The number of aryl methyl sites for hydroxylation is 1. The van der Waals surface area contributed by atoms with Gasteiger partial charge in [0.25, 0.3) is 5.91 Å². The van der Waals surface area contributed by atoms with E-state index in [1.807, 2.05) is 36.2 Å². The molecule has 0 radical (unpaired) electrons. The zero-order valence-electron chi connectivity index (χ0n) is 14.9. The Morgan fingerprint density at radius 2 is 1.87 bits per heavy atom. The van der Waals surface area contributed by atoms with E-state index in [-0.39, 0.29) is 12.5 Å². The number of ether oxygens (including phenoxy) is 1. The summed E-state index contributed by atoms with van der Waals surface area (Å²) in [6.45, 7) is 8.84. The Morgan fingerprint density at radius 1 is 1.26 bits per heavy atom. The van der Waals surface area contributed by atoms with E-state index in [1.54, 1.807) is 0 Å². The molecule has 1 aromatic carbocycles. The molecule has 0 atom stereocenters. The van der Waals surface area contributed by atoms with Crippen LogP contribution in [0.4, 0.5) is 0 Å². The first-order valence-corrected chi connectivity index (χ1v) is 8.72. The van der Waals surface area contributed by atoms with Crippen LogP contribution in [-0.2, 0) is 11.2 Å². The summed E-state index contributed by atoms with van der Waals surface area (Å²) in [6, 6.07) is 8.89. The molecular weight excluding hydrogens is 288 g/mol. The lowest BCUT2D eigenvalue weighted by Crippen LogP contribution is -2.48. The maximum atomic E-state index is 12.3. The molecule has 1 saturated heterocycles. The third-order valence-electron chi connectivity index (χ3n) is 4.86. The predicted molar refractivity (Wildman–Crippen MR) is 93.8 cm³/mol. The van der Waals surface area contributed by atoms with Crippen molar-refractivity contribution in [2.75, 3.05) is 26.7 Å². The molecule has 0 bridgehead atoms. The fourth-order valence-electron chi connectivity index (χ4n) is 3.06. The van der Waals surface area contributed by atoms with E-state index in [2.05, 4.69) is 25.7 Å². The quantitative estimate of drug-likeness (QED) is 0.808. The van der Waals surface area contributed by atoms with Crippen LogP contribution in [0.2, 0.25) is 0 Å². The molecule has 1 heterocycles. The number of carbonyl (C=O) groups excluding carboxylic acids is 1. The largest absolute Gasteiger partial charge is 0.484 e. The summed E-state index contributed by atoms with van der Waals surface area (Å²) in [5, 5.41) is 0. The Bertz CT molecular complexity index is 491. The fourth-order valence-corrected chi connectivity index (χ4v) is 3.06. The molecule has 128 valence electrons. The third kappa shape index (κ3) is 4.96. The lowest BCUT2D eigenvalue weighted by molar-refractivity contribution is -0.135.